The van der Waals surface area contributed by atoms with Crippen molar-refractivity contribution in [2.75, 3.05) is 31.3 Å². The van der Waals surface area contributed by atoms with E-state index in [1.165, 1.54) is 0 Å². The van der Waals surface area contributed by atoms with Crippen LogP contribution in [0.15, 0.2) is 10.7 Å². The van der Waals surface area contributed by atoms with Crippen LogP contribution in [0.4, 0.5) is 11.8 Å². The van der Waals surface area contributed by atoms with E-state index in [2.05, 4.69) is 41.8 Å². The molecule has 0 aliphatic carbocycles. The van der Waals surface area contributed by atoms with Crippen molar-refractivity contribution in [1.29, 1.82) is 0 Å². The largest absolute Gasteiger partial charge is 0.368 e. The minimum atomic E-state index is -0.515. The lowest BCUT2D eigenvalue weighted by molar-refractivity contribution is -0.128. The molecule has 18 heavy (non-hydrogen) atoms. The summed E-state index contributed by atoms with van der Waals surface area (Å²) in [5, 5.41) is 8.65. The molecule has 0 radical (unpaired) electrons. The lowest BCUT2D eigenvalue weighted by Crippen LogP contribution is -2.39. The van der Waals surface area contributed by atoms with E-state index in [4.69, 9.17) is 0 Å². The maximum absolute atomic E-state index is 11.7. The van der Waals surface area contributed by atoms with Crippen LogP contribution in [0.5, 0.6) is 0 Å². The molecule has 1 amide bonds. The number of nitrogens with zero attached hydrogens (tertiary/aromatic N) is 2. The molecule has 0 unspecified atom stereocenters. The van der Waals surface area contributed by atoms with Gasteiger partial charge >= 0.3 is 0 Å². The first-order valence-electron chi connectivity index (χ1n) is 5.57. The molecule has 1 aromatic rings. The number of hydrogen-bond acceptors (Lipinski definition) is 5. The van der Waals surface area contributed by atoms with Gasteiger partial charge in [-0.15, -0.1) is 0 Å². The van der Waals surface area contributed by atoms with E-state index >= 15 is 0 Å². The van der Waals surface area contributed by atoms with Gasteiger partial charge in [0.25, 0.3) is 0 Å². The Labute approximate surface area is 115 Å². The smallest absolute Gasteiger partial charge is 0.227 e. The molecule has 0 aliphatic rings. The van der Waals surface area contributed by atoms with Gasteiger partial charge in [0.1, 0.15) is 5.82 Å². The average Bonchev–Trinajstić information content (AvgIpc) is 2.36. The predicted molar refractivity (Wildman–Crippen MR) is 75.6 cm³/mol. The third kappa shape index (κ3) is 3.56. The first-order chi connectivity index (χ1) is 8.40. The summed E-state index contributed by atoms with van der Waals surface area (Å²) < 4.78 is 0.759. The van der Waals surface area contributed by atoms with E-state index in [9.17, 15) is 4.79 Å². The highest BCUT2D eigenvalue weighted by Crippen LogP contribution is 2.22. The van der Waals surface area contributed by atoms with E-state index in [1.807, 2.05) is 13.8 Å². The second-order valence-corrected chi connectivity index (χ2v) is 5.31. The zero-order chi connectivity index (χ0) is 13.8. The fraction of sp³-hybridized carbons (Fsp3) is 0.545. The Morgan fingerprint density at radius 3 is 2.67 bits per heavy atom. The lowest BCUT2D eigenvalue weighted by Gasteiger charge is -2.23. The highest BCUT2D eigenvalue weighted by Gasteiger charge is 2.26. The molecular formula is C11H18BrN5O. The fourth-order valence-electron chi connectivity index (χ4n) is 1.33. The summed E-state index contributed by atoms with van der Waals surface area (Å²) in [5.74, 6) is 1.17. The van der Waals surface area contributed by atoms with Gasteiger partial charge in [-0.3, -0.25) is 4.79 Å². The van der Waals surface area contributed by atoms with Crippen molar-refractivity contribution >= 4 is 33.6 Å². The molecule has 100 valence electrons. The highest BCUT2D eigenvalue weighted by molar-refractivity contribution is 9.10. The molecule has 6 nitrogen and oxygen atoms in total. The van der Waals surface area contributed by atoms with Crippen molar-refractivity contribution < 1.29 is 4.79 Å². The molecule has 0 bridgehead atoms. The second kappa shape index (κ2) is 5.99. The summed E-state index contributed by atoms with van der Waals surface area (Å²) in [4.78, 5) is 20.0. The number of halogens is 1. The molecule has 1 rings (SSSR count). The number of carbonyl (C=O) groups excluding carboxylic acids is 1. The maximum atomic E-state index is 11.7. The molecule has 0 spiro atoms. The molecule has 0 fully saturated rings. The van der Waals surface area contributed by atoms with Gasteiger partial charge in [-0.2, -0.15) is 4.98 Å². The Balaban J connectivity index is 2.77. The fourth-order valence-corrected chi connectivity index (χ4v) is 1.67. The van der Waals surface area contributed by atoms with E-state index in [0.717, 1.165) is 4.47 Å². The normalized spacial score (nSPS) is 10.9. The van der Waals surface area contributed by atoms with Crippen LogP contribution in [0.25, 0.3) is 0 Å². The molecule has 0 atom stereocenters. The highest BCUT2D eigenvalue weighted by atomic mass is 79.9. The third-order valence-corrected chi connectivity index (χ3v) is 3.09. The van der Waals surface area contributed by atoms with Crippen LogP contribution < -0.4 is 16.0 Å². The topological polar surface area (TPSA) is 78.9 Å². The maximum Gasteiger partial charge on any atom is 0.227 e. The molecule has 1 aromatic heterocycles. The first kappa shape index (κ1) is 14.7. The molecule has 7 heteroatoms. The summed E-state index contributed by atoms with van der Waals surface area (Å²) in [6.45, 7) is 4.21. The number of carbonyl (C=O) groups is 1. The van der Waals surface area contributed by atoms with Crippen LogP contribution in [0.2, 0.25) is 0 Å². The van der Waals surface area contributed by atoms with Crippen molar-refractivity contribution in [2.24, 2.45) is 5.41 Å². The van der Waals surface area contributed by atoms with Crippen LogP contribution in [0.3, 0.4) is 0 Å². The van der Waals surface area contributed by atoms with E-state index < -0.39 is 5.41 Å². The molecule has 1 heterocycles. The van der Waals surface area contributed by atoms with Gasteiger partial charge in [0.15, 0.2) is 0 Å². The zero-order valence-electron chi connectivity index (χ0n) is 11.0. The van der Waals surface area contributed by atoms with Gasteiger partial charge in [0.05, 0.1) is 9.89 Å². The van der Waals surface area contributed by atoms with Gasteiger partial charge in [-0.25, -0.2) is 4.98 Å². The Morgan fingerprint density at radius 2 is 2.11 bits per heavy atom. The Hall–Kier alpha value is -1.37. The molecular weight excluding hydrogens is 298 g/mol. The van der Waals surface area contributed by atoms with Gasteiger partial charge in [-0.05, 0) is 29.8 Å². The van der Waals surface area contributed by atoms with Gasteiger partial charge in [0, 0.05) is 26.8 Å². The summed E-state index contributed by atoms with van der Waals surface area (Å²) >= 11 is 3.37. The SMILES string of the molecule is CNC(=O)C(C)(C)CNc1nc(NC)ncc1Br. The van der Waals surface area contributed by atoms with Crippen LogP contribution in [-0.4, -0.2) is 36.5 Å². The molecule has 3 N–H and O–H groups in total. The first-order valence-corrected chi connectivity index (χ1v) is 6.36. The lowest BCUT2D eigenvalue weighted by atomic mass is 9.92. The number of anilines is 2. The van der Waals surface area contributed by atoms with Crippen molar-refractivity contribution in [2.45, 2.75) is 13.8 Å². The van der Waals surface area contributed by atoms with Gasteiger partial charge < -0.3 is 16.0 Å². The van der Waals surface area contributed by atoms with E-state index in [0.29, 0.717) is 18.3 Å². The van der Waals surface area contributed by atoms with Crippen molar-refractivity contribution in [3.8, 4) is 0 Å². The van der Waals surface area contributed by atoms with Crippen molar-refractivity contribution in [3.63, 3.8) is 0 Å². The Morgan fingerprint density at radius 1 is 1.44 bits per heavy atom. The zero-order valence-corrected chi connectivity index (χ0v) is 12.6. The summed E-state index contributed by atoms with van der Waals surface area (Å²) in [7, 11) is 3.38. The average molecular weight is 316 g/mol. The summed E-state index contributed by atoms with van der Waals surface area (Å²) in [6.07, 6.45) is 1.66. The summed E-state index contributed by atoms with van der Waals surface area (Å²) in [5.41, 5.74) is -0.515. The number of hydrogen-bond donors (Lipinski definition) is 3. The molecule has 0 aliphatic heterocycles. The van der Waals surface area contributed by atoms with Crippen molar-refractivity contribution in [3.05, 3.63) is 10.7 Å². The minimum Gasteiger partial charge on any atom is -0.368 e. The van der Waals surface area contributed by atoms with Gasteiger partial charge in [-0.1, -0.05) is 0 Å². The van der Waals surface area contributed by atoms with Crippen LogP contribution in [-0.2, 0) is 4.79 Å². The number of aromatic nitrogens is 2. The van der Waals surface area contributed by atoms with Crippen LogP contribution in [0, 0.1) is 5.41 Å². The predicted octanol–water partition coefficient (Wildman–Crippen LogP) is 1.46. The van der Waals surface area contributed by atoms with E-state index in [1.54, 1.807) is 20.3 Å². The van der Waals surface area contributed by atoms with Crippen LogP contribution >= 0.6 is 15.9 Å². The minimum absolute atomic E-state index is 0.0194. The number of rotatable bonds is 5. The molecule has 0 saturated heterocycles. The number of nitrogens with one attached hydrogen (secondary N) is 3. The Bertz CT molecular complexity index is 435. The quantitative estimate of drug-likeness (QED) is 0.766. The van der Waals surface area contributed by atoms with E-state index in [-0.39, 0.29) is 5.91 Å². The molecule has 0 aromatic carbocycles. The molecule has 0 saturated carbocycles. The monoisotopic (exact) mass is 315 g/mol. The van der Waals surface area contributed by atoms with Crippen molar-refractivity contribution in [1.82, 2.24) is 15.3 Å². The summed E-state index contributed by atoms with van der Waals surface area (Å²) in [6, 6.07) is 0. The van der Waals surface area contributed by atoms with Gasteiger partial charge in [0.2, 0.25) is 11.9 Å². The standard InChI is InChI=1S/C11H18BrN5O/c1-11(2,9(18)13-3)6-16-8-7(12)5-15-10(14-4)17-8/h5H,6H2,1-4H3,(H,13,18)(H2,14,15,16,17). The second-order valence-electron chi connectivity index (χ2n) is 4.46. The Kier molecular flexibility index (Phi) is 4.89. The number of amides is 1. The third-order valence-electron chi connectivity index (χ3n) is 2.51. The van der Waals surface area contributed by atoms with Crippen LogP contribution in [0.1, 0.15) is 13.8 Å².